The Morgan fingerprint density at radius 2 is 2.28 bits per heavy atom. The number of rotatable bonds is 5. The van der Waals surface area contributed by atoms with Gasteiger partial charge in [0.2, 0.25) is 5.91 Å². The molecule has 2 heteroatoms. The summed E-state index contributed by atoms with van der Waals surface area (Å²) in [5.74, 6) is 1.43. The largest absolute Gasteiger partial charge is 0.336 e. The van der Waals surface area contributed by atoms with Gasteiger partial charge in [0.1, 0.15) is 0 Å². The van der Waals surface area contributed by atoms with Gasteiger partial charge in [0.25, 0.3) is 0 Å². The van der Waals surface area contributed by atoms with Crippen molar-refractivity contribution < 1.29 is 4.79 Å². The van der Waals surface area contributed by atoms with E-state index in [0.29, 0.717) is 24.9 Å². The third kappa shape index (κ3) is 4.52. The van der Waals surface area contributed by atoms with E-state index >= 15 is 0 Å². The molecule has 0 aromatic carbocycles. The van der Waals surface area contributed by atoms with Crippen LogP contribution in [0, 0.1) is 11.8 Å². The minimum absolute atomic E-state index is 0.104. The van der Waals surface area contributed by atoms with Crippen molar-refractivity contribution in [2.45, 2.75) is 33.6 Å². The van der Waals surface area contributed by atoms with Gasteiger partial charge in [0, 0.05) is 20.0 Å². The van der Waals surface area contributed by atoms with E-state index < -0.39 is 0 Å². The third-order valence-corrected chi connectivity index (χ3v) is 3.62. The highest BCUT2D eigenvalue weighted by atomic mass is 16.2. The number of nitrogens with zero attached hydrogens (tertiary/aromatic N) is 1. The average molecular weight is 247 g/mol. The molecule has 0 fully saturated rings. The average Bonchev–Trinajstić information content (AvgIpc) is 2.30. The number of carbonyl (C=O) groups is 1. The molecule has 0 heterocycles. The number of amides is 1. The molecule has 0 radical (unpaired) electrons. The summed E-state index contributed by atoms with van der Waals surface area (Å²) in [7, 11) is 0. The van der Waals surface area contributed by atoms with E-state index in [9.17, 15) is 4.79 Å². The molecule has 0 saturated carbocycles. The minimum Gasteiger partial charge on any atom is -0.336 e. The maximum atomic E-state index is 11.4. The summed E-state index contributed by atoms with van der Waals surface area (Å²) in [6.07, 6.45) is 10.8. The van der Waals surface area contributed by atoms with Gasteiger partial charge in [-0.3, -0.25) is 4.79 Å². The van der Waals surface area contributed by atoms with Crippen molar-refractivity contribution in [3.63, 3.8) is 0 Å². The Bertz CT molecular complexity index is 354. The van der Waals surface area contributed by atoms with Gasteiger partial charge in [-0.15, -0.1) is 6.58 Å². The molecule has 18 heavy (non-hydrogen) atoms. The molecule has 0 aromatic heterocycles. The van der Waals surface area contributed by atoms with Gasteiger partial charge in [-0.05, 0) is 31.6 Å². The summed E-state index contributed by atoms with van der Waals surface area (Å²) >= 11 is 0. The summed E-state index contributed by atoms with van der Waals surface area (Å²) in [6.45, 7) is 11.1. The summed E-state index contributed by atoms with van der Waals surface area (Å²) in [5.41, 5.74) is 1.50. The molecular weight excluding hydrogens is 222 g/mol. The number of carbonyl (C=O) groups excluding carboxylic acids is 1. The van der Waals surface area contributed by atoms with Crippen LogP contribution in [0.3, 0.4) is 0 Å². The Hall–Kier alpha value is -1.31. The number of hydrogen-bond donors (Lipinski definition) is 0. The molecular formula is C16H25NO. The Morgan fingerprint density at radius 3 is 2.83 bits per heavy atom. The second kappa shape index (κ2) is 7.20. The lowest BCUT2D eigenvalue weighted by atomic mass is 9.81. The maximum absolute atomic E-state index is 11.4. The third-order valence-electron chi connectivity index (χ3n) is 3.62. The Balaban J connectivity index is 2.49. The summed E-state index contributed by atoms with van der Waals surface area (Å²) < 4.78 is 0. The lowest BCUT2D eigenvalue weighted by Gasteiger charge is -2.25. The second-order valence-electron chi connectivity index (χ2n) is 5.27. The van der Waals surface area contributed by atoms with Gasteiger partial charge in [0.05, 0.1) is 0 Å². The van der Waals surface area contributed by atoms with E-state index in [4.69, 9.17) is 0 Å². The lowest BCUT2D eigenvalue weighted by molar-refractivity contribution is -0.127. The summed E-state index contributed by atoms with van der Waals surface area (Å²) in [6, 6.07) is 0. The van der Waals surface area contributed by atoms with E-state index in [2.05, 4.69) is 38.7 Å². The van der Waals surface area contributed by atoms with E-state index in [-0.39, 0.29) is 5.91 Å². The molecule has 0 bridgehead atoms. The van der Waals surface area contributed by atoms with Crippen LogP contribution in [0.1, 0.15) is 33.6 Å². The predicted octanol–water partition coefficient (Wildman–Crippen LogP) is 3.57. The van der Waals surface area contributed by atoms with Gasteiger partial charge in [-0.1, -0.05) is 36.8 Å². The molecule has 2 atom stereocenters. The highest BCUT2D eigenvalue weighted by molar-refractivity contribution is 5.73. The molecule has 1 rings (SSSR count). The van der Waals surface area contributed by atoms with Crippen LogP contribution in [0.2, 0.25) is 0 Å². The molecule has 0 saturated heterocycles. The van der Waals surface area contributed by atoms with E-state index in [1.54, 1.807) is 17.9 Å². The first-order chi connectivity index (χ1) is 8.54. The molecule has 1 aliphatic carbocycles. The van der Waals surface area contributed by atoms with Crippen LogP contribution in [0.15, 0.2) is 36.5 Å². The summed E-state index contributed by atoms with van der Waals surface area (Å²) in [5, 5.41) is 0. The van der Waals surface area contributed by atoms with Gasteiger partial charge < -0.3 is 4.90 Å². The van der Waals surface area contributed by atoms with Gasteiger partial charge in [-0.2, -0.15) is 0 Å². The van der Waals surface area contributed by atoms with E-state index in [1.807, 2.05) is 0 Å². The van der Waals surface area contributed by atoms with Crippen molar-refractivity contribution in [3.05, 3.63) is 36.5 Å². The predicted molar refractivity (Wildman–Crippen MR) is 77.2 cm³/mol. The van der Waals surface area contributed by atoms with E-state index in [1.165, 1.54) is 12.0 Å². The topological polar surface area (TPSA) is 20.3 Å². The van der Waals surface area contributed by atoms with Crippen molar-refractivity contribution in [1.82, 2.24) is 4.90 Å². The van der Waals surface area contributed by atoms with Crippen LogP contribution in [-0.4, -0.2) is 23.9 Å². The Labute approximate surface area is 111 Å². The normalized spacial score (nSPS) is 23.8. The smallest absolute Gasteiger partial charge is 0.220 e. The Kier molecular flexibility index (Phi) is 5.90. The van der Waals surface area contributed by atoms with Crippen LogP contribution < -0.4 is 0 Å². The Morgan fingerprint density at radius 1 is 1.56 bits per heavy atom. The highest BCUT2D eigenvalue weighted by Crippen LogP contribution is 2.29. The number of hydrogen-bond acceptors (Lipinski definition) is 1. The first-order valence-electron chi connectivity index (χ1n) is 6.73. The summed E-state index contributed by atoms with van der Waals surface area (Å²) in [4.78, 5) is 13.1. The molecule has 1 amide bonds. The first kappa shape index (κ1) is 14.7. The van der Waals surface area contributed by atoms with Gasteiger partial charge >= 0.3 is 0 Å². The van der Waals surface area contributed by atoms with Crippen LogP contribution >= 0.6 is 0 Å². The standard InChI is InChI=1S/C16H25NO/c1-5-10-17(15(4)18)11-6-7-16-9-8-13(2)12-14(16)3/h5-8,14,16H,1,9-12H2,2-4H3. The van der Waals surface area contributed by atoms with Crippen molar-refractivity contribution in [3.8, 4) is 0 Å². The molecule has 100 valence electrons. The molecule has 0 N–H and O–H groups in total. The SMILES string of the molecule is C=CCN(CC=CC1CC=C(C)CC1C)C(C)=O. The zero-order chi connectivity index (χ0) is 13.5. The van der Waals surface area contributed by atoms with Crippen molar-refractivity contribution >= 4 is 5.91 Å². The van der Waals surface area contributed by atoms with Crippen LogP contribution in [0.5, 0.6) is 0 Å². The highest BCUT2D eigenvalue weighted by Gasteiger charge is 2.17. The molecule has 0 spiro atoms. The van der Waals surface area contributed by atoms with Crippen LogP contribution in [0.4, 0.5) is 0 Å². The van der Waals surface area contributed by atoms with E-state index in [0.717, 1.165) is 6.42 Å². The fraction of sp³-hybridized carbons (Fsp3) is 0.562. The molecule has 0 aromatic rings. The van der Waals surface area contributed by atoms with Crippen LogP contribution in [0.25, 0.3) is 0 Å². The fourth-order valence-corrected chi connectivity index (χ4v) is 2.43. The first-order valence-corrected chi connectivity index (χ1v) is 6.73. The molecule has 2 unspecified atom stereocenters. The van der Waals surface area contributed by atoms with Gasteiger partial charge in [0.15, 0.2) is 0 Å². The molecule has 2 nitrogen and oxygen atoms in total. The maximum Gasteiger partial charge on any atom is 0.220 e. The lowest BCUT2D eigenvalue weighted by Crippen LogP contribution is -2.29. The minimum atomic E-state index is 0.104. The van der Waals surface area contributed by atoms with Crippen molar-refractivity contribution in [1.29, 1.82) is 0 Å². The van der Waals surface area contributed by atoms with Gasteiger partial charge in [-0.25, -0.2) is 0 Å². The number of allylic oxidation sites excluding steroid dienone is 3. The zero-order valence-electron chi connectivity index (χ0n) is 11.9. The second-order valence-corrected chi connectivity index (χ2v) is 5.27. The molecule has 0 aliphatic heterocycles. The van der Waals surface area contributed by atoms with Crippen LogP contribution in [-0.2, 0) is 4.79 Å². The molecule has 1 aliphatic rings. The fourth-order valence-electron chi connectivity index (χ4n) is 2.43. The zero-order valence-corrected chi connectivity index (χ0v) is 11.9. The van der Waals surface area contributed by atoms with Crippen molar-refractivity contribution in [2.75, 3.05) is 13.1 Å². The monoisotopic (exact) mass is 247 g/mol. The van der Waals surface area contributed by atoms with Crippen molar-refractivity contribution in [2.24, 2.45) is 11.8 Å². The quantitative estimate of drug-likeness (QED) is 0.680.